The fourth-order valence-electron chi connectivity index (χ4n) is 10.9. The number of aryl methyl sites for hydroxylation is 2. The van der Waals surface area contributed by atoms with Crippen LogP contribution in [0.25, 0.3) is 0 Å². The summed E-state index contributed by atoms with van der Waals surface area (Å²) in [5, 5.41) is 5.60. The van der Waals surface area contributed by atoms with Gasteiger partial charge in [-0.2, -0.15) is 0 Å². The molecule has 2 N–H and O–H groups in total. The molecule has 17 nitrogen and oxygen atoms in total. The van der Waals surface area contributed by atoms with Crippen molar-refractivity contribution in [1.29, 1.82) is 0 Å². The first-order chi connectivity index (χ1) is 37.6. The van der Waals surface area contributed by atoms with E-state index in [2.05, 4.69) is 16.7 Å². The largest absolute Gasteiger partial charge is 0.493 e. The van der Waals surface area contributed by atoms with Crippen LogP contribution in [0.4, 0.5) is 22.7 Å². The summed E-state index contributed by atoms with van der Waals surface area (Å²) in [4.78, 5) is 114. The van der Waals surface area contributed by atoms with E-state index in [4.69, 9.17) is 19.2 Å². The summed E-state index contributed by atoms with van der Waals surface area (Å²) in [6.45, 7) is 5.25. The number of anilines is 3. The second-order valence-corrected chi connectivity index (χ2v) is 20.6. The Labute approximate surface area is 451 Å². The molecule has 400 valence electrons. The molecule has 0 spiro atoms. The van der Waals surface area contributed by atoms with Crippen molar-refractivity contribution in [2.75, 3.05) is 28.8 Å². The molecule has 0 fully saturated rings. The summed E-state index contributed by atoms with van der Waals surface area (Å²) in [6, 6.07) is 27.4. The Morgan fingerprint density at radius 1 is 0.718 bits per heavy atom. The zero-order valence-corrected chi connectivity index (χ0v) is 44.0. The fraction of sp³-hybridized carbons (Fsp3) is 0.328. The van der Waals surface area contributed by atoms with E-state index in [9.17, 15) is 38.4 Å². The Morgan fingerprint density at radius 2 is 1.38 bits per heavy atom. The molecule has 5 aromatic rings. The van der Waals surface area contributed by atoms with Crippen LogP contribution in [0.3, 0.4) is 0 Å². The molecular formula is C61H60N6O11. The van der Waals surface area contributed by atoms with Crippen molar-refractivity contribution in [1.82, 2.24) is 10.2 Å². The predicted octanol–water partition coefficient (Wildman–Crippen LogP) is 8.06. The van der Waals surface area contributed by atoms with Gasteiger partial charge >= 0.3 is 0 Å². The van der Waals surface area contributed by atoms with Gasteiger partial charge in [-0.15, -0.1) is 0 Å². The number of carbonyl (C=O) groups is 8. The van der Waals surface area contributed by atoms with Crippen LogP contribution in [-0.4, -0.2) is 89.9 Å². The quantitative estimate of drug-likeness (QED) is 0.0712. The van der Waals surface area contributed by atoms with Gasteiger partial charge in [0.15, 0.2) is 17.3 Å². The van der Waals surface area contributed by atoms with Crippen LogP contribution < -0.4 is 34.6 Å². The highest BCUT2D eigenvalue weighted by atomic mass is 16.5. The van der Waals surface area contributed by atoms with Gasteiger partial charge in [0.25, 0.3) is 23.6 Å². The lowest BCUT2D eigenvalue weighted by Crippen LogP contribution is -2.40. The van der Waals surface area contributed by atoms with Crippen molar-refractivity contribution < 1.29 is 52.6 Å². The Balaban J connectivity index is 0.819. The smallest absolute Gasteiger partial charge is 0.261 e. The van der Waals surface area contributed by atoms with Gasteiger partial charge in [-0.05, 0) is 121 Å². The minimum absolute atomic E-state index is 0.00159. The minimum Gasteiger partial charge on any atom is -0.493 e. The Hall–Kier alpha value is -8.73. The Bertz CT molecular complexity index is 3350. The van der Waals surface area contributed by atoms with E-state index in [0.717, 1.165) is 45.8 Å². The highest BCUT2D eigenvalue weighted by Gasteiger charge is 2.39. The average molecular weight is 1050 g/mol. The third-order valence-corrected chi connectivity index (χ3v) is 15.1. The van der Waals surface area contributed by atoms with Crippen molar-refractivity contribution in [2.45, 2.75) is 110 Å². The summed E-state index contributed by atoms with van der Waals surface area (Å²) in [5.41, 5.74) is 8.98. The maximum absolute atomic E-state index is 14.1. The number of hydrogen-bond donors (Lipinski definition) is 2. The lowest BCUT2D eigenvalue weighted by molar-refractivity contribution is -0.137. The van der Waals surface area contributed by atoms with E-state index in [0.29, 0.717) is 63.7 Å². The molecule has 10 rings (SSSR count). The van der Waals surface area contributed by atoms with Gasteiger partial charge in [-0.1, -0.05) is 43.3 Å². The molecule has 78 heavy (non-hydrogen) atoms. The maximum atomic E-state index is 14.1. The van der Waals surface area contributed by atoms with E-state index in [1.54, 1.807) is 42.3 Å². The second-order valence-electron chi connectivity index (χ2n) is 20.6. The lowest BCUT2D eigenvalue weighted by atomic mass is 9.98. The summed E-state index contributed by atoms with van der Waals surface area (Å²) < 4.78 is 18.7. The van der Waals surface area contributed by atoms with E-state index in [1.165, 1.54) is 31.7 Å². The minimum atomic E-state index is -0.933. The summed E-state index contributed by atoms with van der Waals surface area (Å²) >= 11 is 0. The number of Topliss-reactive ketones (excluding diaryl/α,β-unsaturated/α-hetero) is 2. The molecule has 0 bridgehead atoms. The highest BCUT2D eigenvalue weighted by Crippen LogP contribution is 2.42. The molecule has 5 heterocycles. The number of nitrogens with one attached hydrogen (secondary N) is 2. The van der Waals surface area contributed by atoms with Crippen molar-refractivity contribution >= 4 is 76.0 Å². The van der Waals surface area contributed by atoms with Crippen LogP contribution in [0.1, 0.15) is 106 Å². The highest BCUT2D eigenvalue weighted by molar-refractivity contribution is 6.15. The molecule has 0 saturated heterocycles. The molecule has 0 aliphatic carbocycles. The van der Waals surface area contributed by atoms with Crippen LogP contribution in [0.5, 0.6) is 17.2 Å². The normalized spacial score (nSPS) is 17.5. The predicted molar refractivity (Wildman–Crippen MR) is 292 cm³/mol. The number of benzene rings is 5. The molecule has 0 radical (unpaired) electrons. The molecule has 5 aromatic carbocycles. The van der Waals surface area contributed by atoms with E-state index in [-0.39, 0.29) is 87.3 Å². The SMILES string of the molecule is COc1cc2c(cc1OCc1cc(COc3cc4c(cc3C)C(=O)N3c5ccccc5C[C@H]3CC4)cc(NC(=O)[C@H](C)CC(=O)[C@H](C)NC(=O)CCC(=O)CCCN3C(=O)C=CC3=O)c1)N=C[C@@H]1Cc3ccccc3N1C2=O. The number of methoxy groups -OCH3 is 1. The number of fused-ring (bicyclic) bond motifs is 8. The molecule has 0 saturated carbocycles. The number of nitrogens with zero attached hydrogens (tertiary/aromatic N) is 4. The van der Waals surface area contributed by atoms with Crippen molar-refractivity contribution in [3.05, 3.63) is 148 Å². The molecule has 0 aromatic heterocycles. The number of ketones is 2. The summed E-state index contributed by atoms with van der Waals surface area (Å²) in [6.07, 6.45) is 7.07. The van der Waals surface area contributed by atoms with Crippen LogP contribution in [0.2, 0.25) is 0 Å². The van der Waals surface area contributed by atoms with E-state index in [1.807, 2.05) is 72.5 Å². The molecule has 4 atom stereocenters. The zero-order chi connectivity index (χ0) is 54.8. The van der Waals surface area contributed by atoms with E-state index >= 15 is 0 Å². The number of rotatable bonds is 20. The average Bonchev–Trinajstić information content (AvgIpc) is 4.27. The monoisotopic (exact) mass is 1050 g/mol. The first kappa shape index (κ1) is 52.7. The van der Waals surface area contributed by atoms with Gasteiger partial charge in [0.05, 0.1) is 30.4 Å². The fourth-order valence-corrected chi connectivity index (χ4v) is 10.9. The first-order valence-electron chi connectivity index (χ1n) is 26.4. The topological polar surface area (TPSA) is 210 Å². The lowest BCUT2D eigenvalue weighted by Gasteiger charge is -2.23. The Kier molecular flexibility index (Phi) is 15.2. The number of carbonyl (C=O) groups excluding carboxylic acids is 8. The van der Waals surface area contributed by atoms with Crippen molar-refractivity contribution in [2.24, 2.45) is 10.9 Å². The standard InChI is InChI=1S/C61H60N6O11/c1-35-22-47-40(15-16-44-27-41-10-5-7-13-50(41)66(44)60(47)74)29-53(35)77-33-38-24-39(34-78-55-31-49-48(30-54(55)76-4)61(75)67-45(32-62-49)28-42-11-6-8-14-51(42)67)26-43(25-38)64-59(73)36(2)23-52(69)37(3)63-56(70)18-17-46(68)12-9-21-65-57(71)19-20-58(65)72/h5-8,10-11,13-14,19-20,22,24-26,29-32,36-37,44-45H,9,12,15-18,21,23,27-28,33-34H2,1-4H3,(H,63,70)(H,64,73)/t36-,37+,44-,45+/m1/s1. The molecule has 17 heteroatoms. The van der Waals surface area contributed by atoms with Crippen molar-refractivity contribution in [3.8, 4) is 17.2 Å². The number of ether oxygens (including phenoxy) is 3. The van der Waals surface area contributed by atoms with Crippen LogP contribution in [-0.2, 0) is 61.2 Å². The molecule has 6 amide bonds. The third kappa shape index (κ3) is 11.1. The molecule has 0 unspecified atom stereocenters. The zero-order valence-electron chi connectivity index (χ0n) is 44.0. The van der Waals surface area contributed by atoms with Gasteiger partial charge in [0, 0.05) is 97.7 Å². The van der Waals surface area contributed by atoms with Crippen LogP contribution in [0.15, 0.2) is 108 Å². The van der Waals surface area contributed by atoms with E-state index < -0.39 is 35.6 Å². The van der Waals surface area contributed by atoms with Gasteiger partial charge in [-0.25, -0.2) is 0 Å². The summed E-state index contributed by atoms with van der Waals surface area (Å²) in [7, 11) is 1.50. The van der Waals surface area contributed by atoms with Gasteiger partial charge in [0.2, 0.25) is 11.8 Å². The number of hydrogen-bond acceptors (Lipinski definition) is 12. The number of amides is 6. The summed E-state index contributed by atoms with van der Waals surface area (Å²) in [5.74, 6) is -2.12. The second kappa shape index (κ2) is 22.5. The molecule has 5 aliphatic rings. The number of para-hydroxylation sites is 2. The van der Waals surface area contributed by atoms with Gasteiger partial charge < -0.3 is 29.7 Å². The third-order valence-electron chi connectivity index (χ3n) is 15.1. The first-order valence-corrected chi connectivity index (χ1v) is 26.4. The maximum Gasteiger partial charge on any atom is 0.261 e. The van der Waals surface area contributed by atoms with Crippen LogP contribution >= 0.6 is 0 Å². The van der Waals surface area contributed by atoms with Gasteiger partial charge in [0.1, 0.15) is 24.7 Å². The molecule has 5 aliphatic heterocycles. The van der Waals surface area contributed by atoms with Gasteiger partial charge in [-0.3, -0.25) is 53.1 Å². The van der Waals surface area contributed by atoms with Crippen molar-refractivity contribution in [3.63, 3.8) is 0 Å². The number of aliphatic imine (C=N–C) groups is 1. The Morgan fingerprint density at radius 3 is 2.10 bits per heavy atom. The molecular weight excluding hydrogens is 993 g/mol. The van der Waals surface area contributed by atoms with Crippen LogP contribution in [0, 0.1) is 12.8 Å². The number of imide groups is 1.